The lowest BCUT2D eigenvalue weighted by molar-refractivity contribution is 0.222. The lowest BCUT2D eigenvalue weighted by atomic mass is 10.3. The van der Waals surface area contributed by atoms with Crippen molar-refractivity contribution < 1.29 is 4.74 Å². The van der Waals surface area contributed by atoms with Crippen LogP contribution in [0.4, 0.5) is 11.9 Å². The summed E-state index contributed by atoms with van der Waals surface area (Å²) in [5.74, 6) is 6.06. The molecule has 0 aliphatic carbocycles. The molecule has 2 rings (SSSR count). The van der Waals surface area contributed by atoms with E-state index in [-0.39, 0.29) is 18.1 Å². The lowest BCUT2D eigenvalue weighted by Crippen LogP contribution is -2.16. The maximum absolute atomic E-state index is 5.48. The van der Waals surface area contributed by atoms with Crippen LogP contribution in [0, 0.1) is 13.8 Å². The number of hydrogen-bond donors (Lipinski definition) is 3. The number of nitrogens with two attached hydrogens (primary N) is 1. The molecule has 2 aromatic rings. The molecule has 114 valence electrons. The first-order chi connectivity index (χ1) is 9.97. The summed E-state index contributed by atoms with van der Waals surface area (Å²) in [6.45, 7) is 8.67. The SMILES string of the molecule is Cc1cc(CNc2nc(NN)nc(OC(C)C)n2)sc1C. The molecule has 0 radical (unpaired) electrons. The Bertz CT molecular complexity index is 593. The number of aryl methyl sites for hydroxylation is 2. The Hall–Kier alpha value is -1.93. The van der Waals surface area contributed by atoms with Crippen molar-refractivity contribution in [3.8, 4) is 6.01 Å². The van der Waals surface area contributed by atoms with Crippen molar-refractivity contribution in [3.63, 3.8) is 0 Å². The van der Waals surface area contributed by atoms with Gasteiger partial charge in [-0.3, -0.25) is 5.43 Å². The molecule has 0 atom stereocenters. The molecule has 0 saturated heterocycles. The molecule has 0 amide bonds. The minimum absolute atomic E-state index is 0.0199. The van der Waals surface area contributed by atoms with Gasteiger partial charge < -0.3 is 10.1 Å². The molecule has 7 nitrogen and oxygen atoms in total. The second-order valence-electron chi connectivity index (χ2n) is 4.88. The highest BCUT2D eigenvalue weighted by Crippen LogP contribution is 2.21. The van der Waals surface area contributed by atoms with E-state index in [1.165, 1.54) is 15.3 Å². The molecule has 0 fully saturated rings. The molecule has 0 saturated carbocycles. The van der Waals surface area contributed by atoms with Gasteiger partial charge >= 0.3 is 6.01 Å². The average molecular weight is 308 g/mol. The molecule has 0 aromatic carbocycles. The van der Waals surface area contributed by atoms with Crippen LogP contribution in [-0.4, -0.2) is 21.1 Å². The Morgan fingerprint density at radius 2 is 1.95 bits per heavy atom. The van der Waals surface area contributed by atoms with Gasteiger partial charge in [-0.1, -0.05) is 0 Å². The number of hydrazine groups is 1. The number of nitrogens with one attached hydrogen (secondary N) is 2. The Morgan fingerprint density at radius 1 is 1.24 bits per heavy atom. The number of anilines is 2. The van der Waals surface area contributed by atoms with E-state index in [2.05, 4.69) is 45.6 Å². The highest BCUT2D eigenvalue weighted by molar-refractivity contribution is 7.12. The molecular weight excluding hydrogens is 288 g/mol. The number of rotatable bonds is 6. The maximum atomic E-state index is 5.48. The first-order valence-electron chi connectivity index (χ1n) is 6.67. The number of thiophene rings is 1. The largest absolute Gasteiger partial charge is 0.461 e. The fraction of sp³-hybridized carbons (Fsp3) is 0.462. The van der Waals surface area contributed by atoms with Gasteiger partial charge in [0.05, 0.1) is 12.6 Å². The predicted octanol–water partition coefficient (Wildman–Crippen LogP) is 2.23. The summed E-state index contributed by atoms with van der Waals surface area (Å²) in [5.41, 5.74) is 3.71. The molecule has 0 bridgehead atoms. The van der Waals surface area contributed by atoms with Crippen LogP contribution < -0.4 is 21.3 Å². The van der Waals surface area contributed by atoms with Crippen LogP contribution in [0.15, 0.2) is 6.07 Å². The zero-order valence-electron chi connectivity index (χ0n) is 12.6. The van der Waals surface area contributed by atoms with Gasteiger partial charge in [0.15, 0.2) is 0 Å². The third-order valence-electron chi connectivity index (χ3n) is 2.72. The lowest BCUT2D eigenvalue weighted by Gasteiger charge is -2.10. The molecule has 21 heavy (non-hydrogen) atoms. The number of aromatic nitrogens is 3. The van der Waals surface area contributed by atoms with Crippen molar-refractivity contribution in [2.24, 2.45) is 5.84 Å². The summed E-state index contributed by atoms with van der Waals surface area (Å²) in [5, 5.41) is 3.16. The average Bonchev–Trinajstić information content (AvgIpc) is 2.74. The molecule has 2 aromatic heterocycles. The van der Waals surface area contributed by atoms with E-state index < -0.39 is 0 Å². The summed E-state index contributed by atoms with van der Waals surface area (Å²) < 4.78 is 5.48. The molecule has 2 heterocycles. The standard InChI is InChI=1S/C13H20N6OS/c1-7(2)20-13-17-11(16-12(18-13)19-14)15-6-10-5-8(3)9(4)21-10/h5,7H,6,14H2,1-4H3,(H2,15,16,17,18,19). The van der Waals surface area contributed by atoms with E-state index >= 15 is 0 Å². The van der Waals surface area contributed by atoms with E-state index in [4.69, 9.17) is 10.6 Å². The number of hydrogen-bond acceptors (Lipinski definition) is 8. The number of ether oxygens (including phenoxy) is 1. The normalized spacial score (nSPS) is 10.8. The van der Waals surface area contributed by atoms with Crippen LogP contribution in [0.1, 0.15) is 29.2 Å². The summed E-state index contributed by atoms with van der Waals surface area (Å²) in [6.07, 6.45) is -0.0199. The Kier molecular flexibility index (Phi) is 4.92. The van der Waals surface area contributed by atoms with Gasteiger partial charge in [-0.15, -0.1) is 11.3 Å². The predicted molar refractivity (Wildman–Crippen MR) is 84.5 cm³/mol. The highest BCUT2D eigenvalue weighted by Gasteiger charge is 2.09. The Balaban J connectivity index is 2.11. The zero-order valence-corrected chi connectivity index (χ0v) is 13.4. The van der Waals surface area contributed by atoms with Crippen LogP contribution in [0.5, 0.6) is 6.01 Å². The Morgan fingerprint density at radius 3 is 2.52 bits per heavy atom. The van der Waals surface area contributed by atoms with Crippen LogP contribution in [0.25, 0.3) is 0 Å². The molecule has 0 aliphatic rings. The van der Waals surface area contributed by atoms with E-state index in [9.17, 15) is 0 Å². The second-order valence-corrected chi connectivity index (χ2v) is 6.22. The first-order valence-corrected chi connectivity index (χ1v) is 7.48. The topological polar surface area (TPSA) is 98.0 Å². The maximum Gasteiger partial charge on any atom is 0.323 e. The van der Waals surface area contributed by atoms with Crippen molar-refractivity contribution in [1.82, 2.24) is 15.0 Å². The van der Waals surface area contributed by atoms with Crippen molar-refractivity contribution in [2.45, 2.75) is 40.3 Å². The minimum Gasteiger partial charge on any atom is -0.461 e. The zero-order chi connectivity index (χ0) is 15.4. The van der Waals surface area contributed by atoms with E-state index in [0.717, 1.165) is 0 Å². The molecule has 8 heteroatoms. The summed E-state index contributed by atoms with van der Waals surface area (Å²) in [6, 6.07) is 2.40. The molecular formula is C13H20N6OS. The highest BCUT2D eigenvalue weighted by atomic mass is 32.1. The quantitative estimate of drug-likeness (QED) is 0.556. The third-order valence-corrected chi connectivity index (χ3v) is 3.88. The van der Waals surface area contributed by atoms with Crippen molar-refractivity contribution >= 4 is 23.2 Å². The van der Waals surface area contributed by atoms with Crippen molar-refractivity contribution in [3.05, 3.63) is 21.4 Å². The van der Waals surface area contributed by atoms with Gasteiger partial charge in [-0.2, -0.15) is 15.0 Å². The van der Waals surface area contributed by atoms with Crippen LogP contribution in [-0.2, 0) is 6.54 Å². The third kappa shape index (κ3) is 4.27. The van der Waals surface area contributed by atoms with Crippen molar-refractivity contribution in [2.75, 3.05) is 10.7 Å². The monoisotopic (exact) mass is 308 g/mol. The first kappa shape index (κ1) is 15.5. The second kappa shape index (κ2) is 6.68. The van der Waals surface area contributed by atoms with Gasteiger partial charge in [0.1, 0.15) is 0 Å². The molecule has 4 N–H and O–H groups in total. The number of nitrogens with zero attached hydrogens (tertiary/aromatic N) is 3. The van der Waals surface area contributed by atoms with E-state index in [1.54, 1.807) is 11.3 Å². The van der Waals surface area contributed by atoms with Crippen molar-refractivity contribution in [1.29, 1.82) is 0 Å². The van der Waals surface area contributed by atoms with Crippen LogP contribution in [0.2, 0.25) is 0 Å². The number of nitrogen functional groups attached to an aromatic ring is 1. The smallest absolute Gasteiger partial charge is 0.323 e. The van der Waals surface area contributed by atoms with E-state index in [1.807, 2.05) is 13.8 Å². The molecule has 0 unspecified atom stereocenters. The van der Waals surface area contributed by atoms with Gasteiger partial charge in [0.2, 0.25) is 11.9 Å². The van der Waals surface area contributed by atoms with Gasteiger partial charge in [-0.05, 0) is 39.3 Å². The fourth-order valence-electron chi connectivity index (χ4n) is 1.67. The summed E-state index contributed by atoms with van der Waals surface area (Å²) in [7, 11) is 0. The summed E-state index contributed by atoms with van der Waals surface area (Å²) in [4.78, 5) is 15.0. The van der Waals surface area contributed by atoms with Crippen LogP contribution >= 0.6 is 11.3 Å². The van der Waals surface area contributed by atoms with Gasteiger partial charge in [0.25, 0.3) is 0 Å². The molecule has 0 aliphatic heterocycles. The minimum atomic E-state index is -0.0199. The Labute approximate surface area is 128 Å². The van der Waals surface area contributed by atoms with Gasteiger partial charge in [0, 0.05) is 9.75 Å². The molecule has 0 spiro atoms. The van der Waals surface area contributed by atoms with Gasteiger partial charge in [-0.25, -0.2) is 5.84 Å². The van der Waals surface area contributed by atoms with E-state index in [0.29, 0.717) is 12.5 Å². The fourth-order valence-corrected chi connectivity index (χ4v) is 2.66. The van der Waals surface area contributed by atoms with Crippen LogP contribution in [0.3, 0.4) is 0 Å². The summed E-state index contributed by atoms with van der Waals surface area (Å²) >= 11 is 1.75.